The molecule has 3 rings (SSSR count). The van der Waals surface area contributed by atoms with Crippen LogP contribution in [0.5, 0.6) is 0 Å². The number of ketones is 1. The highest BCUT2D eigenvalue weighted by Crippen LogP contribution is 2.37. The number of carbonyl (C=O) groups excluding carboxylic acids is 1. The van der Waals surface area contributed by atoms with Gasteiger partial charge in [0.15, 0.2) is 0 Å². The molecule has 106 valence electrons. The number of aliphatic hydroxyl groups excluding tert-OH is 1. The summed E-state index contributed by atoms with van der Waals surface area (Å²) in [6.45, 7) is 1.97. The van der Waals surface area contributed by atoms with Gasteiger partial charge in [0.1, 0.15) is 0 Å². The Kier molecular flexibility index (Phi) is 3.42. The second-order valence-corrected chi connectivity index (χ2v) is 6.06. The minimum atomic E-state index is -0.579. The summed E-state index contributed by atoms with van der Waals surface area (Å²) >= 11 is 0. The number of nitroso groups, excluding NO2 is 1. The third-order valence-corrected chi connectivity index (χ3v) is 4.79. The molecule has 4 heteroatoms. The fourth-order valence-electron chi connectivity index (χ4n) is 3.59. The number of aliphatic hydroxyl groups is 1. The zero-order valence-corrected chi connectivity index (χ0v) is 11.7. The summed E-state index contributed by atoms with van der Waals surface area (Å²) < 4.78 is 0.965. The van der Waals surface area contributed by atoms with Crippen molar-refractivity contribution in [1.82, 2.24) is 0 Å². The first-order valence-electron chi connectivity index (χ1n) is 7.32. The van der Waals surface area contributed by atoms with Crippen molar-refractivity contribution in [3.8, 4) is 0 Å². The standard InChI is InChI=1S/C16H20NO3/c1-10-2-4-11(5-3-10)16(19)14-7-6-12-13(17(14)20)8-9-15(12)18/h2-5,12-15,18H,6-9H2,1H3/q+1. The molecular weight excluding hydrogens is 254 g/mol. The van der Waals surface area contributed by atoms with Gasteiger partial charge in [-0.1, -0.05) is 29.8 Å². The molecule has 1 aromatic carbocycles. The van der Waals surface area contributed by atoms with Gasteiger partial charge in [-0.05, 0) is 19.8 Å². The summed E-state index contributed by atoms with van der Waals surface area (Å²) in [5.41, 5.74) is 1.71. The molecule has 4 unspecified atom stereocenters. The number of benzene rings is 1. The first kappa shape index (κ1) is 13.4. The number of Topliss-reactive ketones (excluding diaryl/α,β-unsaturated/α-hetero) is 1. The van der Waals surface area contributed by atoms with Crippen LogP contribution in [-0.2, 0) is 0 Å². The number of nitrogens with zero attached hydrogens (tertiary/aromatic N) is 1. The van der Waals surface area contributed by atoms with Gasteiger partial charge in [-0.3, -0.25) is 4.79 Å². The molecule has 2 fully saturated rings. The van der Waals surface area contributed by atoms with Gasteiger partial charge in [0, 0.05) is 28.1 Å². The maximum Gasteiger partial charge on any atom is 0.263 e. The van der Waals surface area contributed by atoms with Crippen LogP contribution in [0.3, 0.4) is 0 Å². The fraction of sp³-hybridized carbons (Fsp3) is 0.562. The van der Waals surface area contributed by atoms with Gasteiger partial charge in [-0.2, -0.15) is 0 Å². The second kappa shape index (κ2) is 5.09. The van der Waals surface area contributed by atoms with Gasteiger partial charge >= 0.3 is 0 Å². The predicted octanol–water partition coefficient (Wildman–Crippen LogP) is 2.26. The monoisotopic (exact) mass is 274 g/mol. The second-order valence-electron chi connectivity index (χ2n) is 6.06. The van der Waals surface area contributed by atoms with Crippen molar-refractivity contribution in [2.45, 2.75) is 50.8 Å². The highest BCUT2D eigenvalue weighted by atomic mass is 16.3. The Morgan fingerprint density at radius 1 is 1.15 bits per heavy atom. The quantitative estimate of drug-likeness (QED) is 0.665. The van der Waals surface area contributed by atoms with Crippen molar-refractivity contribution in [1.29, 1.82) is 0 Å². The maximum absolute atomic E-state index is 12.5. The normalized spacial score (nSPS) is 33.0. The van der Waals surface area contributed by atoms with Crippen molar-refractivity contribution >= 4 is 5.78 Å². The molecule has 1 aromatic rings. The largest absolute Gasteiger partial charge is 0.393 e. The molecular formula is C16H20NO3+. The molecule has 1 aliphatic heterocycles. The molecule has 20 heavy (non-hydrogen) atoms. The van der Waals surface area contributed by atoms with Crippen LogP contribution in [0.25, 0.3) is 0 Å². The topological polar surface area (TPSA) is 57.4 Å². The van der Waals surface area contributed by atoms with E-state index in [0.29, 0.717) is 24.8 Å². The molecule has 4 atom stereocenters. The van der Waals surface area contributed by atoms with Crippen LogP contribution in [-0.4, -0.2) is 33.8 Å². The SMILES string of the molecule is Cc1ccc(C(=O)C2CCC3C(O)CCC3[N+]2=O)cc1. The number of rotatable bonds is 2. The van der Waals surface area contributed by atoms with Crippen molar-refractivity contribution in [2.24, 2.45) is 5.92 Å². The van der Waals surface area contributed by atoms with Crippen molar-refractivity contribution in [2.75, 3.05) is 0 Å². The van der Waals surface area contributed by atoms with Crippen LogP contribution >= 0.6 is 0 Å². The van der Waals surface area contributed by atoms with E-state index in [2.05, 4.69) is 0 Å². The molecule has 1 saturated heterocycles. The van der Waals surface area contributed by atoms with Crippen LogP contribution < -0.4 is 0 Å². The third-order valence-electron chi connectivity index (χ3n) is 4.79. The van der Waals surface area contributed by atoms with Crippen LogP contribution in [0.15, 0.2) is 24.3 Å². The summed E-state index contributed by atoms with van der Waals surface area (Å²) in [5, 5.41) is 9.86. The van der Waals surface area contributed by atoms with Crippen molar-refractivity contribution in [3.63, 3.8) is 0 Å². The lowest BCUT2D eigenvalue weighted by atomic mass is 9.85. The lowest BCUT2D eigenvalue weighted by Gasteiger charge is -2.25. The summed E-state index contributed by atoms with van der Waals surface area (Å²) in [7, 11) is 0. The molecule has 1 heterocycles. The predicted molar refractivity (Wildman–Crippen MR) is 74.7 cm³/mol. The van der Waals surface area contributed by atoms with E-state index in [4.69, 9.17) is 0 Å². The summed E-state index contributed by atoms with van der Waals surface area (Å²) in [6.07, 6.45) is 2.33. The Hall–Kier alpha value is -1.55. The molecule has 1 aliphatic carbocycles. The van der Waals surface area contributed by atoms with Gasteiger partial charge in [-0.15, -0.1) is 0 Å². The van der Waals surface area contributed by atoms with E-state index in [1.54, 1.807) is 12.1 Å². The molecule has 0 radical (unpaired) electrons. The zero-order chi connectivity index (χ0) is 14.3. The van der Waals surface area contributed by atoms with Crippen LogP contribution in [0.1, 0.15) is 41.6 Å². The smallest absolute Gasteiger partial charge is 0.263 e. The Morgan fingerprint density at radius 3 is 2.55 bits per heavy atom. The lowest BCUT2D eigenvalue weighted by molar-refractivity contribution is -0.623. The Labute approximate surface area is 118 Å². The lowest BCUT2D eigenvalue weighted by Crippen LogP contribution is -2.46. The van der Waals surface area contributed by atoms with Gasteiger partial charge in [0.2, 0.25) is 11.8 Å². The Bertz CT molecular complexity index is 537. The first-order chi connectivity index (χ1) is 9.58. The Balaban J connectivity index is 1.79. The summed E-state index contributed by atoms with van der Waals surface area (Å²) in [4.78, 5) is 24.9. The molecule has 0 bridgehead atoms. The third kappa shape index (κ3) is 2.18. The van der Waals surface area contributed by atoms with Crippen molar-refractivity contribution in [3.05, 3.63) is 40.3 Å². The minimum Gasteiger partial charge on any atom is -0.393 e. The zero-order valence-electron chi connectivity index (χ0n) is 11.7. The first-order valence-corrected chi connectivity index (χ1v) is 7.32. The molecule has 0 spiro atoms. The summed E-state index contributed by atoms with van der Waals surface area (Å²) in [6, 6.07) is 6.62. The molecule has 0 amide bonds. The number of aryl methyl sites for hydroxylation is 1. The van der Waals surface area contributed by atoms with E-state index >= 15 is 0 Å². The minimum absolute atomic E-state index is 0.0505. The van der Waals surface area contributed by atoms with Gasteiger partial charge in [0.25, 0.3) is 6.04 Å². The van der Waals surface area contributed by atoms with E-state index in [1.165, 1.54) is 0 Å². The molecule has 2 aliphatic rings. The van der Waals surface area contributed by atoms with E-state index in [9.17, 15) is 14.8 Å². The fourth-order valence-corrected chi connectivity index (χ4v) is 3.59. The summed E-state index contributed by atoms with van der Waals surface area (Å²) in [5.74, 6) is -0.0330. The number of fused-ring (bicyclic) bond motifs is 1. The van der Waals surface area contributed by atoms with Crippen molar-refractivity contribution < 1.29 is 14.7 Å². The van der Waals surface area contributed by atoms with E-state index in [-0.39, 0.29) is 23.8 Å². The van der Waals surface area contributed by atoms with E-state index in [1.807, 2.05) is 19.1 Å². The van der Waals surface area contributed by atoms with Crippen LogP contribution in [0.4, 0.5) is 0 Å². The van der Waals surface area contributed by atoms with Gasteiger partial charge in [-0.25, -0.2) is 0 Å². The van der Waals surface area contributed by atoms with E-state index < -0.39 is 6.04 Å². The highest BCUT2D eigenvalue weighted by molar-refractivity contribution is 5.99. The highest BCUT2D eigenvalue weighted by Gasteiger charge is 2.53. The van der Waals surface area contributed by atoms with Gasteiger partial charge in [0.05, 0.1) is 12.0 Å². The van der Waals surface area contributed by atoms with E-state index in [0.717, 1.165) is 16.7 Å². The van der Waals surface area contributed by atoms with Gasteiger partial charge < -0.3 is 5.11 Å². The molecule has 4 nitrogen and oxygen atoms in total. The molecule has 1 saturated carbocycles. The Morgan fingerprint density at radius 2 is 1.85 bits per heavy atom. The number of carbonyl (C=O) groups is 1. The molecule has 0 aromatic heterocycles. The van der Waals surface area contributed by atoms with Crippen LogP contribution in [0.2, 0.25) is 0 Å². The number of piperidine rings is 1. The number of hydrogen-bond donors (Lipinski definition) is 1. The van der Waals surface area contributed by atoms with Crippen LogP contribution in [0, 0.1) is 17.7 Å². The average Bonchev–Trinajstić information content (AvgIpc) is 2.82. The maximum atomic E-state index is 12.5. The average molecular weight is 274 g/mol. The number of hydrogen-bond acceptors (Lipinski definition) is 3. The molecule has 1 N–H and O–H groups in total.